The number of phenols is 2. The highest BCUT2D eigenvalue weighted by Gasteiger charge is 2.65. The number of unbranched alkanes of at least 4 members (excludes halogenated alkanes) is 4. The molecule has 0 radical (unpaired) electrons. The van der Waals surface area contributed by atoms with E-state index in [0.717, 1.165) is 70.9 Å². The van der Waals surface area contributed by atoms with Gasteiger partial charge in [0.2, 0.25) is 0 Å². The quantitative estimate of drug-likeness (QED) is 0.150. The number of hydrogen-bond acceptors (Lipinski definition) is 10. The number of ether oxygens (including phenoxy) is 2. The minimum atomic E-state index is -0.741. The molecule has 0 aromatic heterocycles. The molecule has 308 valence electrons. The van der Waals surface area contributed by atoms with E-state index in [1.807, 2.05) is 24.3 Å². The number of aliphatic hydroxyl groups is 2. The summed E-state index contributed by atoms with van der Waals surface area (Å²) >= 11 is 0. The lowest BCUT2D eigenvalue weighted by Crippen LogP contribution is -2.64. The van der Waals surface area contributed by atoms with Crippen LogP contribution in [-0.4, -0.2) is 116 Å². The van der Waals surface area contributed by atoms with Gasteiger partial charge in [0.05, 0.1) is 5.92 Å². The molecule has 12 heteroatoms. The number of phenolic OH excluding ortho intramolecular Hbond substituents is 2. The molecule has 2 aromatic rings. The smallest absolute Gasteiger partial charge is 0.306 e. The van der Waals surface area contributed by atoms with Crippen LogP contribution < -0.4 is 9.47 Å². The van der Waals surface area contributed by atoms with Gasteiger partial charge in [-0.2, -0.15) is 0 Å². The normalized spacial score (nSPS) is 34.6. The molecule has 12 nitrogen and oxygen atoms in total. The van der Waals surface area contributed by atoms with Crippen LogP contribution in [0.25, 0.3) is 0 Å². The second-order valence-electron chi connectivity index (χ2n) is 17.8. The molecule has 2 spiro atoms. The Hall–Kier alpha value is -4.10. The third-order valence-corrected chi connectivity index (χ3v) is 14.7. The third-order valence-electron chi connectivity index (χ3n) is 14.7. The van der Waals surface area contributed by atoms with E-state index in [9.17, 15) is 30.0 Å². The maximum absolute atomic E-state index is 10.5. The van der Waals surface area contributed by atoms with Crippen LogP contribution in [0.1, 0.15) is 87.0 Å². The van der Waals surface area contributed by atoms with Crippen LogP contribution in [0.5, 0.6) is 23.0 Å². The molecule has 2 fully saturated rings. The average Bonchev–Trinajstić information content (AvgIpc) is 3.73. The molecule has 10 rings (SSSR count). The number of carbonyl (C=O) groups is 2. The van der Waals surface area contributed by atoms with Gasteiger partial charge in [-0.25, -0.2) is 0 Å². The van der Waals surface area contributed by atoms with E-state index < -0.39 is 24.1 Å². The van der Waals surface area contributed by atoms with Gasteiger partial charge in [-0.15, -0.1) is 0 Å². The Morgan fingerprint density at radius 1 is 0.719 bits per heavy atom. The lowest BCUT2D eigenvalue weighted by molar-refractivity contribution is -0.141. The topological polar surface area (TPSA) is 180 Å². The van der Waals surface area contributed by atoms with Gasteiger partial charge in [0, 0.05) is 52.3 Å². The second-order valence-corrected chi connectivity index (χ2v) is 17.8. The first-order valence-corrected chi connectivity index (χ1v) is 20.9. The summed E-state index contributed by atoms with van der Waals surface area (Å²) in [4.78, 5) is 25.5. The van der Waals surface area contributed by atoms with E-state index in [1.165, 1.54) is 22.3 Å². The van der Waals surface area contributed by atoms with Gasteiger partial charge in [-0.05, 0) is 89.0 Å². The second kappa shape index (κ2) is 15.3. The highest BCUT2D eigenvalue weighted by molar-refractivity contribution is 5.69. The molecular weight excluding hydrogens is 728 g/mol. The Kier molecular flexibility index (Phi) is 10.6. The van der Waals surface area contributed by atoms with E-state index in [-0.39, 0.29) is 46.9 Å². The largest absolute Gasteiger partial charge is 0.504 e. The van der Waals surface area contributed by atoms with Crippen LogP contribution in [0, 0.1) is 17.8 Å². The third kappa shape index (κ3) is 6.42. The molecule has 11 atom stereocenters. The summed E-state index contributed by atoms with van der Waals surface area (Å²) in [6, 6.07) is 8.45. The van der Waals surface area contributed by atoms with E-state index >= 15 is 0 Å². The summed E-state index contributed by atoms with van der Waals surface area (Å²) < 4.78 is 12.2. The zero-order valence-corrected chi connectivity index (χ0v) is 33.2. The van der Waals surface area contributed by atoms with Crippen molar-refractivity contribution < 1.29 is 49.7 Å². The van der Waals surface area contributed by atoms with E-state index in [4.69, 9.17) is 19.7 Å². The SMILES string of the molecule is CC(CCCCCCCC(=O)O)C(=O)O.CN1CC[C@]23c4c5ccc(O)c4O[C@H]2[C@@H](O)C=C[C@H]3[C@H]1C5.CN1CC[C@]23c4c5ccc(O)c4O[C@H]2[C@@H](O)C=C[C@H]3[C@H]1C5. The number of carboxylic acids is 2. The Morgan fingerprint density at radius 2 is 1.18 bits per heavy atom. The van der Waals surface area contributed by atoms with Crippen molar-refractivity contribution in [3.8, 4) is 23.0 Å². The lowest BCUT2D eigenvalue weighted by atomic mass is 9.53. The lowest BCUT2D eigenvalue weighted by Gasteiger charge is -2.56. The maximum atomic E-state index is 10.5. The molecule has 1 unspecified atom stereocenters. The molecule has 4 heterocycles. The van der Waals surface area contributed by atoms with Crippen LogP contribution >= 0.6 is 0 Å². The standard InChI is InChI=1S/2C17H19NO3.C11H20O4/c2*1-18-7-6-17-10-3-5-13(20)16(17)21-15-12(19)4-2-9(14(15)17)8-11(10)18;1-9(11(14)15)7-5-3-2-4-6-8-10(12)13/h2*2-5,10-11,13,16,19-20H,6-8H2,1H3;9H,2-8H2,1H3,(H,12,13)(H,14,15)/t2*10-,11+,13-,16-,17-;/m00./s1. The Morgan fingerprint density at radius 3 is 1.63 bits per heavy atom. The van der Waals surface area contributed by atoms with Gasteiger partial charge >= 0.3 is 11.9 Å². The molecule has 6 N–H and O–H groups in total. The van der Waals surface area contributed by atoms with Gasteiger partial charge in [0.25, 0.3) is 0 Å². The number of carboxylic acid groups (broad SMARTS) is 2. The number of benzene rings is 2. The first-order valence-electron chi connectivity index (χ1n) is 20.9. The summed E-state index contributed by atoms with van der Waals surface area (Å²) in [7, 11) is 4.38. The maximum Gasteiger partial charge on any atom is 0.306 e. The highest BCUT2D eigenvalue weighted by atomic mass is 16.5. The van der Waals surface area contributed by atoms with Gasteiger partial charge in [0.1, 0.15) is 24.4 Å². The Bertz CT molecular complexity index is 1830. The summed E-state index contributed by atoms with van der Waals surface area (Å²) in [5.41, 5.74) is 4.58. The van der Waals surface area contributed by atoms with E-state index in [0.29, 0.717) is 41.8 Å². The van der Waals surface area contributed by atoms with Crippen molar-refractivity contribution in [2.45, 2.75) is 125 Å². The number of hydrogen-bond donors (Lipinski definition) is 6. The Balaban J connectivity index is 0.000000122. The predicted octanol–water partition coefficient (Wildman–Crippen LogP) is 4.92. The van der Waals surface area contributed by atoms with Gasteiger partial charge in [0.15, 0.2) is 23.0 Å². The van der Waals surface area contributed by atoms with Crippen molar-refractivity contribution in [3.63, 3.8) is 0 Å². The summed E-state index contributed by atoms with van der Waals surface area (Å²) in [5, 5.41) is 58.3. The zero-order valence-electron chi connectivity index (χ0n) is 33.2. The summed E-state index contributed by atoms with van der Waals surface area (Å²) in [6.45, 7) is 3.74. The van der Waals surface area contributed by atoms with Gasteiger partial charge in [-0.3, -0.25) is 9.59 Å². The number of piperidine rings is 2. The molecule has 0 saturated carbocycles. The number of aliphatic hydroxyl groups excluding tert-OH is 2. The number of likely N-dealkylation sites (N-methyl/N-ethyl adjacent to an activating group) is 2. The van der Waals surface area contributed by atoms with Crippen LogP contribution in [0.3, 0.4) is 0 Å². The minimum absolute atomic E-state index is 0.160. The van der Waals surface area contributed by atoms with Crippen LogP contribution in [-0.2, 0) is 33.3 Å². The fourth-order valence-electron chi connectivity index (χ4n) is 11.9. The number of nitrogens with zero attached hydrogens (tertiary/aromatic N) is 2. The van der Waals surface area contributed by atoms with Crippen molar-refractivity contribution >= 4 is 11.9 Å². The van der Waals surface area contributed by atoms with Gasteiger partial charge < -0.3 is 49.9 Å². The highest BCUT2D eigenvalue weighted by Crippen LogP contribution is 2.63. The summed E-state index contributed by atoms with van der Waals surface area (Å²) in [5.74, 6) is 0.642. The van der Waals surface area contributed by atoms with Crippen molar-refractivity contribution in [1.82, 2.24) is 9.80 Å². The molecular formula is C45H58N2O10. The predicted molar refractivity (Wildman–Crippen MR) is 212 cm³/mol. The monoisotopic (exact) mass is 786 g/mol. The zero-order chi connectivity index (χ0) is 40.4. The average molecular weight is 787 g/mol. The fourth-order valence-corrected chi connectivity index (χ4v) is 11.9. The van der Waals surface area contributed by atoms with Crippen LogP contribution in [0.4, 0.5) is 0 Å². The van der Waals surface area contributed by atoms with E-state index in [2.05, 4.69) is 36.0 Å². The van der Waals surface area contributed by atoms with Crippen molar-refractivity contribution in [1.29, 1.82) is 0 Å². The number of aromatic hydroxyl groups is 2. The van der Waals surface area contributed by atoms with E-state index in [1.54, 1.807) is 19.1 Å². The van der Waals surface area contributed by atoms with Crippen molar-refractivity contribution in [2.24, 2.45) is 17.8 Å². The van der Waals surface area contributed by atoms with Gasteiger partial charge in [-0.1, -0.05) is 69.0 Å². The van der Waals surface area contributed by atoms with Crippen LogP contribution in [0.2, 0.25) is 0 Å². The first-order chi connectivity index (χ1) is 27.3. The van der Waals surface area contributed by atoms with Crippen molar-refractivity contribution in [2.75, 3.05) is 27.2 Å². The molecule has 2 saturated heterocycles. The molecule has 57 heavy (non-hydrogen) atoms. The number of likely N-dealkylation sites (tertiary alicyclic amines) is 2. The molecule has 0 amide bonds. The molecule has 4 aliphatic heterocycles. The summed E-state index contributed by atoms with van der Waals surface area (Å²) in [6.07, 6.45) is 15.9. The molecule has 8 aliphatic rings. The van der Waals surface area contributed by atoms with Crippen LogP contribution in [0.15, 0.2) is 48.6 Å². The molecule has 4 bridgehead atoms. The first kappa shape index (κ1) is 39.7. The Labute approximate surface area is 334 Å². The molecule has 4 aliphatic carbocycles. The minimum Gasteiger partial charge on any atom is -0.504 e. The number of rotatable bonds is 9. The number of aliphatic carboxylic acids is 2. The molecule has 2 aromatic carbocycles. The fraction of sp³-hybridized carbons (Fsp3) is 0.600. The van der Waals surface area contributed by atoms with Crippen molar-refractivity contribution in [3.05, 3.63) is 70.8 Å².